The van der Waals surface area contributed by atoms with Crippen molar-refractivity contribution in [2.45, 2.75) is 5.41 Å². The van der Waals surface area contributed by atoms with Crippen LogP contribution in [0.3, 0.4) is 0 Å². The van der Waals surface area contributed by atoms with E-state index in [1.807, 2.05) is 12.1 Å². The van der Waals surface area contributed by atoms with Gasteiger partial charge in [-0.3, -0.25) is 0 Å². The first-order valence-corrected chi connectivity index (χ1v) is 19.2. The number of anilines is 3. The van der Waals surface area contributed by atoms with Crippen LogP contribution in [0, 0.1) is 0 Å². The molecule has 56 heavy (non-hydrogen) atoms. The Bertz CT molecular complexity index is 3180. The Kier molecular flexibility index (Phi) is 6.55. The molecule has 0 radical (unpaired) electrons. The van der Waals surface area contributed by atoms with E-state index in [-0.39, 0.29) is 0 Å². The first kappa shape index (κ1) is 31.0. The second-order valence-corrected chi connectivity index (χ2v) is 14.8. The number of para-hydroxylation sites is 2. The lowest BCUT2D eigenvalue weighted by Gasteiger charge is -2.40. The van der Waals surface area contributed by atoms with Crippen LogP contribution < -0.4 is 9.64 Å². The molecule has 12 rings (SSSR count). The SMILES string of the molecule is c1ccc(-c2ccc(N(c3ccc4c(c3)oc3ccccc34)c3cccc4c3-c3ccccc3C43c4ccccc4Oc4c3ccc3ccccc43)cc2)cc1. The highest BCUT2D eigenvalue weighted by Crippen LogP contribution is 2.64. The van der Waals surface area contributed by atoms with Crippen molar-refractivity contribution in [2.24, 2.45) is 0 Å². The van der Waals surface area contributed by atoms with Gasteiger partial charge in [0.15, 0.2) is 0 Å². The van der Waals surface area contributed by atoms with Gasteiger partial charge in [-0.05, 0) is 75.7 Å². The highest BCUT2D eigenvalue weighted by atomic mass is 16.5. The molecular weight excluding hydrogens is 683 g/mol. The van der Waals surface area contributed by atoms with Crippen molar-refractivity contribution in [3.8, 4) is 33.8 Å². The van der Waals surface area contributed by atoms with Crippen LogP contribution in [-0.2, 0) is 5.41 Å². The fourth-order valence-corrected chi connectivity index (χ4v) is 9.56. The van der Waals surface area contributed by atoms with Crippen molar-refractivity contribution < 1.29 is 9.15 Å². The molecule has 262 valence electrons. The summed E-state index contributed by atoms with van der Waals surface area (Å²) in [6, 6.07) is 71.9. The van der Waals surface area contributed by atoms with E-state index in [0.29, 0.717) is 0 Å². The maximum Gasteiger partial charge on any atom is 0.140 e. The quantitative estimate of drug-likeness (QED) is 0.181. The standard InChI is InChI=1S/C53H33NO2/c1-2-13-34(14-3-1)35-25-28-37(29-26-35)54(38-30-31-41-40-17-7-10-23-48(40)55-50(41)33-38)47-22-12-21-45-51(47)42-18-6-8-19-43(42)53(45)44-20-9-11-24-49(44)56-52-39-16-5-4-15-36(39)27-32-46(52)53/h1-33H. The van der Waals surface area contributed by atoms with Gasteiger partial charge in [-0.1, -0.05) is 152 Å². The van der Waals surface area contributed by atoms with Gasteiger partial charge >= 0.3 is 0 Å². The van der Waals surface area contributed by atoms with Gasteiger partial charge < -0.3 is 14.1 Å². The third-order valence-corrected chi connectivity index (χ3v) is 11.9. The van der Waals surface area contributed by atoms with Gasteiger partial charge in [0.05, 0.1) is 11.1 Å². The molecule has 0 saturated carbocycles. The molecule has 2 aliphatic rings. The summed E-state index contributed by atoms with van der Waals surface area (Å²) in [5, 5.41) is 4.50. The molecule has 0 saturated heterocycles. The van der Waals surface area contributed by atoms with Crippen molar-refractivity contribution in [2.75, 3.05) is 4.90 Å². The normalized spacial score (nSPS) is 15.0. The third-order valence-electron chi connectivity index (χ3n) is 11.9. The smallest absolute Gasteiger partial charge is 0.140 e. The summed E-state index contributed by atoms with van der Waals surface area (Å²) >= 11 is 0. The van der Waals surface area contributed by atoms with Crippen LogP contribution in [-0.4, -0.2) is 0 Å². The zero-order valence-corrected chi connectivity index (χ0v) is 30.3. The first-order chi connectivity index (χ1) is 27.8. The maximum atomic E-state index is 6.92. The van der Waals surface area contributed by atoms with E-state index in [9.17, 15) is 0 Å². The van der Waals surface area contributed by atoms with Crippen molar-refractivity contribution in [3.63, 3.8) is 0 Å². The lowest BCUT2D eigenvalue weighted by atomic mass is 9.65. The van der Waals surface area contributed by atoms with Gasteiger partial charge in [0.25, 0.3) is 0 Å². The second-order valence-electron chi connectivity index (χ2n) is 14.8. The van der Waals surface area contributed by atoms with Crippen molar-refractivity contribution >= 4 is 49.8 Å². The van der Waals surface area contributed by atoms with Crippen molar-refractivity contribution in [1.29, 1.82) is 0 Å². The Hall–Kier alpha value is -7.36. The molecule has 1 aromatic heterocycles. The van der Waals surface area contributed by atoms with Crippen LogP contribution in [0.15, 0.2) is 205 Å². The number of ether oxygens (including phenoxy) is 1. The minimum absolute atomic E-state index is 0.609. The monoisotopic (exact) mass is 715 g/mol. The number of hydrogen-bond acceptors (Lipinski definition) is 3. The van der Waals surface area contributed by atoms with Crippen LogP contribution in [0.4, 0.5) is 17.1 Å². The molecule has 3 nitrogen and oxygen atoms in total. The molecule has 1 spiro atoms. The highest BCUT2D eigenvalue weighted by Gasteiger charge is 2.52. The van der Waals surface area contributed by atoms with Crippen LogP contribution in [0.25, 0.3) is 55.0 Å². The highest BCUT2D eigenvalue weighted by molar-refractivity contribution is 6.07. The Morgan fingerprint density at radius 1 is 0.411 bits per heavy atom. The summed E-state index contributed by atoms with van der Waals surface area (Å²) < 4.78 is 13.4. The summed E-state index contributed by atoms with van der Waals surface area (Å²) in [5.41, 5.74) is 13.9. The van der Waals surface area contributed by atoms with Crippen molar-refractivity contribution in [3.05, 3.63) is 222 Å². The minimum atomic E-state index is -0.609. The van der Waals surface area contributed by atoms with Gasteiger partial charge in [-0.2, -0.15) is 0 Å². The number of nitrogens with zero attached hydrogens (tertiary/aromatic N) is 1. The first-order valence-electron chi connectivity index (χ1n) is 19.2. The van der Waals surface area contributed by atoms with Crippen LogP contribution in [0.1, 0.15) is 22.3 Å². The zero-order valence-electron chi connectivity index (χ0n) is 30.3. The fourth-order valence-electron chi connectivity index (χ4n) is 9.56. The Morgan fingerprint density at radius 3 is 1.98 bits per heavy atom. The van der Waals surface area contributed by atoms with Gasteiger partial charge in [0.1, 0.15) is 22.7 Å². The number of furan rings is 1. The molecule has 10 aromatic rings. The Balaban J connectivity index is 1.15. The lowest BCUT2D eigenvalue weighted by molar-refractivity contribution is 0.441. The summed E-state index contributed by atoms with van der Waals surface area (Å²) in [4.78, 5) is 2.41. The predicted octanol–water partition coefficient (Wildman–Crippen LogP) is 14.3. The van der Waals surface area contributed by atoms with Crippen molar-refractivity contribution in [1.82, 2.24) is 0 Å². The molecule has 1 atom stereocenters. The van der Waals surface area contributed by atoms with E-state index in [1.54, 1.807) is 0 Å². The largest absolute Gasteiger partial charge is 0.456 e. The molecule has 0 amide bonds. The predicted molar refractivity (Wildman–Crippen MR) is 229 cm³/mol. The molecule has 0 N–H and O–H groups in total. The Labute approximate surface area is 324 Å². The van der Waals surface area contributed by atoms with E-state index in [0.717, 1.165) is 72.4 Å². The summed E-state index contributed by atoms with van der Waals surface area (Å²) in [7, 11) is 0. The van der Waals surface area contributed by atoms with Crippen LogP contribution in [0.2, 0.25) is 0 Å². The lowest BCUT2D eigenvalue weighted by Crippen LogP contribution is -2.32. The summed E-state index contributed by atoms with van der Waals surface area (Å²) in [6.07, 6.45) is 0. The molecule has 0 bridgehead atoms. The number of fused-ring (bicyclic) bond motifs is 14. The number of hydrogen-bond donors (Lipinski definition) is 0. The van der Waals surface area contributed by atoms with Crippen LogP contribution in [0.5, 0.6) is 11.5 Å². The molecule has 3 heteroatoms. The molecule has 1 aliphatic heterocycles. The number of benzene rings is 9. The second kappa shape index (κ2) is 11.8. The minimum Gasteiger partial charge on any atom is -0.456 e. The molecule has 1 unspecified atom stereocenters. The molecule has 1 aliphatic carbocycles. The molecule has 2 heterocycles. The molecular formula is C53H33NO2. The van der Waals surface area contributed by atoms with Gasteiger partial charge in [0.2, 0.25) is 0 Å². The molecule has 0 fully saturated rings. The fraction of sp³-hybridized carbons (Fsp3) is 0.0189. The van der Waals surface area contributed by atoms with E-state index in [1.165, 1.54) is 33.4 Å². The van der Waals surface area contributed by atoms with Crippen LogP contribution >= 0.6 is 0 Å². The maximum absolute atomic E-state index is 6.92. The zero-order chi connectivity index (χ0) is 36.8. The topological polar surface area (TPSA) is 25.6 Å². The average Bonchev–Trinajstić information content (AvgIpc) is 3.78. The van der Waals surface area contributed by atoms with E-state index < -0.39 is 5.41 Å². The summed E-state index contributed by atoms with van der Waals surface area (Å²) in [6.45, 7) is 0. The Morgan fingerprint density at radius 2 is 1.09 bits per heavy atom. The summed E-state index contributed by atoms with van der Waals surface area (Å²) in [5.74, 6) is 1.80. The van der Waals surface area contributed by atoms with E-state index >= 15 is 0 Å². The average molecular weight is 716 g/mol. The van der Waals surface area contributed by atoms with Gasteiger partial charge in [0, 0.05) is 50.3 Å². The molecule has 9 aromatic carbocycles. The van der Waals surface area contributed by atoms with Gasteiger partial charge in [-0.25, -0.2) is 0 Å². The van der Waals surface area contributed by atoms with Gasteiger partial charge in [-0.15, -0.1) is 0 Å². The van der Waals surface area contributed by atoms with E-state index in [2.05, 4.69) is 193 Å². The number of rotatable bonds is 4. The third kappa shape index (κ3) is 4.28. The van der Waals surface area contributed by atoms with E-state index in [4.69, 9.17) is 9.15 Å².